The topological polar surface area (TPSA) is 67.9 Å². The summed E-state index contributed by atoms with van der Waals surface area (Å²) in [5.74, 6) is 1.32. The van der Waals surface area contributed by atoms with Crippen LogP contribution in [0.25, 0.3) is 0 Å². The number of hydrogen-bond donors (Lipinski definition) is 1. The fourth-order valence-corrected chi connectivity index (χ4v) is 5.64. The Morgan fingerprint density at radius 2 is 1.59 bits per heavy atom. The Balaban J connectivity index is 1.39. The largest absolute Gasteiger partial charge is 0.454 e. The summed E-state index contributed by atoms with van der Waals surface area (Å²) in [6.07, 6.45) is 6.77. The van der Waals surface area contributed by atoms with E-state index in [1.54, 1.807) is 4.90 Å². The molecule has 0 radical (unpaired) electrons. The van der Waals surface area contributed by atoms with Gasteiger partial charge in [-0.1, -0.05) is 83.7 Å². The minimum atomic E-state index is -0.609. The number of rotatable bonds is 10. The quantitative estimate of drug-likeness (QED) is 0.305. The predicted octanol–water partition coefficient (Wildman–Crippen LogP) is 6.20. The number of benzene rings is 3. The zero-order chi connectivity index (χ0) is 27.0. The van der Waals surface area contributed by atoms with Crippen LogP contribution in [-0.2, 0) is 29.0 Å². The number of hydrogen-bond acceptors (Lipinski definition) is 4. The first kappa shape index (κ1) is 27.3. The number of halogens is 1. The highest BCUT2D eigenvalue weighted by Crippen LogP contribution is 2.33. The molecule has 0 spiro atoms. The van der Waals surface area contributed by atoms with Gasteiger partial charge in [-0.05, 0) is 60.2 Å². The van der Waals surface area contributed by atoms with E-state index in [4.69, 9.17) is 9.47 Å². The summed E-state index contributed by atoms with van der Waals surface area (Å²) in [5.41, 5.74) is 3.02. The van der Waals surface area contributed by atoms with Gasteiger partial charge in [0.2, 0.25) is 18.6 Å². The molecule has 0 unspecified atom stereocenters. The van der Waals surface area contributed by atoms with E-state index < -0.39 is 6.04 Å². The third kappa shape index (κ3) is 7.41. The second-order valence-electron chi connectivity index (χ2n) is 10.4. The van der Waals surface area contributed by atoms with Gasteiger partial charge in [-0.25, -0.2) is 0 Å². The van der Waals surface area contributed by atoms with Crippen LogP contribution in [0.1, 0.15) is 55.2 Å². The van der Waals surface area contributed by atoms with Crippen LogP contribution in [0.2, 0.25) is 0 Å². The Bertz CT molecular complexity index is 1260. The van der Waals surface area contributed by atoms with Crippen LogP contribution in [0, 0.1) is 0 Å². The first-order valence-electron chi connectivity index (χ1n) is 13.8. The van der Waals surface area contributed by atoms with Gasteiger partial charge in [-0.3, -0.25) is 9.59 Å². The summed E-state index contributed by atoms with van der Waals surface area (Å²) >= 11 is 3.50. The molecule has 6 nitrogen and oxygen atoms in total. The third-order valence-corrected chi connectivity index (χ3v) is 8.08. The van der Waals surface area contributed by atoms with Gasteiger partial charge < -0.3 is 19.7 Å². The molecule has 1 N–H and O–H groups in total. The summed E-state index contributed by atoms with van der Waals surface area (Å²) in [6.45, 7) is 0.582. The Labute approximate surface area is 238 Å². The number of ether oxygens (including phenoxy) is 2. The number of amides is 2. The molecule has 0 aromatic heterocycles. The number of fused-ring (bicyclic) bond motifs is 1. The van der Waals surface area contributed by atoms with Crippen LogP contribution in [0.4, 0.5) is 0 Å². The van der Waals surface area contributed by atoms with Crippen molar-refractivity contribution in [2.75, 3.05) is 6.79 Å². The van der Waals surface area contributed by atoms with Crippen molar-refractivity contribution in [3.63, 3.8) is 0 Å². The molecule has 7 heteroatoms. The molecule has 5 rings (SSSR count). The molecule has 3 aromatic carbocycles. The van der Waals surface area contributed by atoms with Crippen molar-refractivity contribution < 1.29 is 19.1 Å². The molecule has 3 aromatic rings. The maximum Gasteiger partial charge on any atom is 0.243 e. The molecule has 39 heavy (non-hydrogen) atoms. The molecule has 0 bridgehead atoms. The summed E-state index contributed by atoms with van der Waals surface area (Å²) in [5, 5.41) is 3.30. The molecule has 1 heterocycles. The highest BCUT2D eigenvalue weighted by atomic mass is 79.9. The first-order chi connectivity index (χ1) is 19.0. The van der Waals surface area contributed by atoms with Crippen molar-refractivity contribution in [2.45, 2.75) is 70.0 Å². The van der Waals surface area contributed by atoms with E-state index >= 15 is 0 Å². The molecule has 2 aliphatic rings. The summed E-state index contributed by atoms with van der Waals surface area (Å²) in [4.78, 5) is 29.6. The van der Waals surface area contributed by atoms with Gasteiger partial charge in [0, 0.05) is 29.9 Å². The molecule has 2 amide bonds. The fourth-order valence-electron chi connectivity index (χ4n) is 5.38. The fraction of sp³-hybridized carbons (Fsp3) is 0.375. The zero-order valence-corrected chi connectivity index (χ0v) is 23.7. The van der Waals surface area contributed by atoms with E-state index in [1.165, 1.54) is 6.42 Å². The predicted molar refractivity (Wildman–Crippen MR) is 155 cm³/mol. The smallest absolute Gasteiger partial charge is 0.243 e. The molecule has 1 atom stereocenters. The third-order valence-electron chi connectivity index (χ3n) is 7.55. The standard InChI is InChI=1S/C32H35BrN2O4/c33-26-15-11-25(12-16-26)21-35(31(36)18-14-24-13-17-29-30(20-24)39-22-38-29)28(19-23-7-3-1-4-8-23)32(37)34-27-9-5-2-6-10-27/h1,3-4,7-8,11-13,15-17,20,27-28H,2,5-6,9-10,14,18-19,21-22H2,(H,34,37)/t28-/m0/s1. The minimum absolute atomic E-state index is 0.0460. The van der Waals surface area contributed by atoms with Crippen molar-refractivity contribution in [3.05, 3.63) is 94.0 Å². The Kier molecular flexibility index (Phi) is 9.19. The average molecular weight is 592 g/mol. The van der Waals surface area contributed by atoms with Gasteiger partial charge in [0.15, 0.2) is 11.5 Å². The minimum Gasteiger partial charge on any atom is -0.454 e. The summed E-state index contributed by atoms with van der Waals surface area (Å²) in [6, 6.07) is 23.3. The van der Waals surface area contributed by atoms with E-state index in [1.807, 2.05) is 72.8 Å². The number of nitrogens with zero attached hydrogens (tertiary/aromatic N) is 1. The van der Waals surface area contributed by atoms with E-state index in [2.05, 4.69) is 21.2 Å². The van der Waals surface area contributed by atoms with Crippen molar-refractivity contribution >= 4 is 27.7 Å². The second kappa shape index (κ2) is 13.2. The average Bonchev–Trinajstić information content (AvgIpc) is 3.44. The molecule has 1 aliphatic carbocycles. The van der Waals surface area contributed by atoms with Crippen LogP contribution < -0.4 is 14.8 Å². The number of aryl methyl sites for hydroxylation is 1. The van der Waals surface area contributed by atoms with Gasteiger partial charge in [-0.15, -0.1) is 0 Å². The molecule has 1 fully saturated rings. The molecule has 1 saturated carbocycles. The molecule has 204 valence electrons. The lowest BCUT2D eigenvalue weighted by Gasteiger charge is -2.33. The summed E-state index contributed by atoms with van der Waals surface area (Å²) in [7, 11) is 0. The van der Waals surface area contributed by atoms with Crippen molar-refractivity contribution in [1.29, 1.82) is 0 Å². The Hall–Kier alpha value is -3.32. The summed E-state index contributed by atoms with van der Waals surface area (Å²) < 4.78 is 11.9. The normalized spacial score (nSPS) is 15.5. The van der Waals surface area contributed by atoms with Crippen LogP contribution in [0.3, 0.4) is 0 Å². The lowest BCUT2D eigenvalue weighted by molar-refractivity contribution is -0.141. The molecule has 1 aliphatic heterocycles. The van der Waals surface area contributed by atoms with Crippen LogP contribution in [0.15, 0.2) is 77.3 Å². The SMILES string of the molecule is O=C(NC1CCCCC1)[C@H](Cc1ccccc1)N(Cc1ccc(Br)cc1)C(=O)CCc1ccc2c(c1)OCO2. The van der Waals surface area contributed by atoms with Crippen LogP contribution in [-0.4, -0.2) is 35.6 Å². The number of nitrogens with one attached hydrogen (secondary N) is 1. The monoisotopic (exact) mass is 590 g/mol. The maximum atomic E-state index is 13.9. The van der Waals surface area contributed by atoms with E-state index in [0.29, 0.717) is 25.1 Å². The second-order valence-corrected chi connectivity index (χ2v) is 11.3. The van der Waals surface area contributed by atoms with Gasteiger partial charge in [-0.2, -0.15) is 0 Å². The van der Waals surface area contributed by atoms with Gasteiger partial charge in [0.05, 0.1) is 0 Å². The van der Waals surface area contributed by atoms with E-state index in [9.17, 15) is 9.59 Å². The van der Waals surface area contributed by atoms with Gasteiger partial charge in [0.25, 0.3) is 0 Å². The molecular formula is C32H35BrN2O4. The number of carbonyl (C=O) groups excluding carboxylic acids is 2. The van der Waals surface area contributed by atoms with Gasteiger partial charge >= 0.3 is 0 Å². The molecular weight excluding hydrogens is 556 g/mol. The van der Waals surface area contributed by atoms with Crippen LogP contribution in [0.5, 0.6) is 11.5 Å². The first-order valence-corrected chi connectivity index (χ1v) is 14.6. The lowest BCUT2D eigenvalue weighted by atomic mass is 9.94. The maximum absolute atomic E-state index is 13.9. The highest BCUT2D eigenvalue weighted by molar-refractivity contribution is 9.10. The zero-order valence-electron chi connectivity index (χ0n) is 22.1. The number of carbonyl (C=O) groups is 2. The van der Waals surface area contributed by atoms with Crippen molar-refractivity contribution in [3.8, 4) is 11.5 Å². The van der Waals surface area contributed by atoms with E-state index in [0.717, 1.165) is 52.6 Å². The Morgan fingerprint density at radius 1 is 0.872 bits per heavy atom. The van der Waals surface area contributed by atoms with Gasteiger partial charge in [0.1, 0.15) is 6.04 Å². The van der Waals surface area contributed by atoms with Crippen molar-refractivity contribution in [1.82, 2.24) is 10.2 Å². The molecule has 0 saturated heterocycles. The highest BCUT2D eigenvalue weighted by Gasteiger charge is 2.32. The Morgan fingerprint density at radius 3 is 2.36 bits per heavy atom. The lowest BCUT2D eigenvalue weighted by Crippen LogP contribution is -2.52. The van der Waals surface area contributed by atoms with E-state index in [-0.39, 0.29) is 31.1 Å². The van der Waals surface area contributed by atoms with Crippen LogP contribution >= 0.6 is 15.9 Å². The van der Waals surface area contributed by atoms with Crippen molar-refractivity contribution in [2.24, 2.45) is 0 Å².